The largest absolute Gasteiger partial charge is 0.326 e. The van der Waals surface area contributed by atoms with Crippen LogP contribution < -0.4 is 10.0 Å². The first-order chi connectivity index (χ1) is 12.5. The van der Waals surface area contributed by atoms with Crippen LogP contribution >= 0.6 is 0 Å². The van der Waals surface area contributed by atoms with Crippen molar-refractivity contribution in [2.24, 2.45) is 11.8 Å². The predicted octanol–water partition coefficient (Wildman–Crippen LogP) is 3.41. The standard InChI is InChI=1S/C20H24N2O3S/c23-20(22-18-7-3-1-4-8-18)17-13-11-16(12-14-17)15-21-26(24,25)19-9-5-2-6-10-19/h1-10,16-17,21H,11-15H2,(H,22,23). The molecular formula is C20H24N2O3S. The van der Waals surface area contributed by atoms with E-state index in [9.17, 15) is 13.2 Å². The van der Waals surface area contributed by atoms with Crippen molar-refractivity contribution in [2.45, 2.75) is 30.6 Å². The van der Waals surface area contributed by atoms with Crippen LogP contribution in [0.25, 0.3) is 0 Å². The average molecular weight is 372 g/mol. The third-order valence-corrected chi connectivity index (χ3v) is 6.31. The van der Waals surface area contributed by atoms with Gasteiger partial charge in [-0.25, -0.2) is 13.1 Å². The SMILES string of the molecule is O=C(Nc1ccccc1)C1CCC(CNS(=O)(=O)c2ccccc2)CC1. The summed E-state index contributed by atoms with van der Waals surface area (Å²) in [5.74, 6) is 0.325. The lowest BCUT2D eigenvalue weighted by molar-refractivity contribution is -0.121. The van der Waals surface area contributed by atoms with Gasteiger partial charge in [0.1, 0.15) is 0 Å². The van der Waals surface area contributed by atoms with Crippen LogP contribution in [-0.4, -0.2) is 20.9 Å². The summed E-state index contributed by atoms with van der Waals surface area (Å²) in [4.78, 5) is 12.6. The molecule has 0 heterocycles. The van der Waals surface area contributed by atoms with E-state index in [-0.39, 0.29) is 22.6 Å². The Labute approximate surface area is 154 Å². The Morgan fingerprint density at radius 2 is 1.46 bits per heavy atom. The van der Waals surface area contributed by atoms with E-state index < -0.39 is 10.0 Å². The summed E-state index contributed by atoms with van der Waals surface area (Å²) in [7, 11) is -3.46. The number of carbonyl (C=O) groups is 1. The average Bonchev–Trinajstić information content (AvgIpc) is 2.68. The minimum Gasteiger partial charge on any atom is -0.326 e. The number of hydrogen-bond donors (Lipinski definition) is 2. The Balaban J connectivity index is 1.46. The molecule has 0 aromatic heterocycles. The number of nitrogens with one attached hydrogen (secondary N) is 2. The fourth-order valence-electron chi connectivity index (χ4n) is 3.31. The van der Waals surface area contributed by atoms with Crippen LogP contribution in [0.2, 0.25) is 0 Å². The first kappa shape index (κ1) is 18.6. The van der Waals surface area contributed by atoms with Crippen LogP contribution in [0.4, 0.5) is 5.69 Å². The summed E-state index contributed by atoms with van der Waals surface area (Å²) in [5, 5.41) is 2.95. The molecule has 0 aliphatic heterocycles. The summed E-state index contributed by atoms with van der Waals surface area (Å²) in [6.07, 6.45) is 3.28. The first-order valence-corrected chi connectivity index (χ1v) is 10.4. The van der Waals surface area contributed by atoms with Crippen LogP contribution in [-0.2, 0) is 14.8 Å². The number of carbonyl (C=O) groups excluding carboxylic acids is 1. The molecule has 2 aromatic rings. The van der Waals surface area contributed by atoms with Crippen molar-refractivity contribution in [1.82, 2.24) is 4.72 Å². The van der Waals surface area contributed by atoms with E-state index in [1.165, 1.54) is 0 Å². The summed E-state index contributed by atoms with van der Waals surface area (Å²) in [5.41, 5.74) is 0.815. The normalized spacial score (nSPS) is 20.5. The Morgan fingerprint density at radius 1 is 0.885 bits per heavy atom. The molecule has 0 saturated heterocycles. The Hall–Kier alpha value is -2.18. The lowest BCUT2D eigenvalue weighted by Crippen LogP contribution is -2.33. The lowest BCUT2D eigenvalue weighted by Gasteiger charge is -2.27. The monoisotopic (exact) mass is 372 g/mol. The Bertz CT molecular complexity index is 815. The van der Waals surface area contributed by atoms with E-state index >= 15 is 0 Å². The summed E-state index contributed by atoms with van der Waals surface area (Å²) in [6.45, 7) is 0.421. The van der Waals surface area contributed by atoms with Crippen molar-refractivity contribution < 1.29 is 13.2 Å². The third kappa shape index (κ3) is 4.93. The van der Waals surface area contributed by atoms with E-state index in [1.807, 2.05) is 30.3 Å². The topological polar surface area (TPSA) is 75.3 Å². The van der Waals surface area contributed by atoms with Crippen LogP contribution in [0.1, 0.15) is 25.7 Å². The number of amides is 1. The smallest absolute Gasteiger partial charge is 0.240 e. The fourth-order valence-corrected chi connectivity index (χ4v) is 4.44. The molecular weight excluding hydrogens is 348 g/mol. The molecule has 2 N–H and O–H groups in total. The second kappa shape index (κ2) is 8.47. The maximum Gasteiger partial charge on any atom is 0.240 e. The molecule has 1 aliphatic rings. The van der Waals surface area contributed by atoms with Crippen molar-refractivity contribution in [3.63, 3.8) is 0 Å². The maximum atomic E-state index is 12.4. The van der Waals surface area contributed by atoms with Gasteiger partial charge in [0.05, 0.1) is 4.90 Å². The molecule has 0 radical (unpaired) electrons. The van der Waals surface area contributed by atoms with Crippen LogP contribution in [0.15, 0.2) is 65.6 Å². The second-order valence-electron chi connectivity index (χ2n) is 6.74. The molecule has 5 nitrogen and oxygen atoms in total. The second-order valence-corrected chi connectivity index (χ2v) is 8.50. The van der Waals surface area contributed by atoms with E-state index in [0.29, 0.717) is 6.54 Å². The number of hydrogen-bond acceptors (Lipinski definition) is 3. The number of sulfonamides is 1. The highest BCUT2D eigenvalue weighted by molar-refractivity contribution is 7.89. The Kier molecular flexibility index (Phi) is 6.06. The first-order valence-electron chi connectivity index (χ1n) is 8.95. The van der Waals surface area contributed by atoms with Gasteiger partial charge in [0.25, 0.3) is 0 Å². The number of benzene rings is 2. The zero-order valence-electron chi connectivity index (χ0n) is 14.6. The van der Waals surface area contributed by atoms with Gasteiger partial charge in [-0.05, 0) is 55.9 Å². The van der Waals surface area contributed by atoms with Gasteiger partial charge in [0, 0.05) is 18.2 Å². The molecule has 0 unspecified atom stereocenters. The highest BCUT2D eigenvalue weighted by Crippen LogP contribution is 2.29. The Morgan fingerprint density at radius 3 is 2.08 bits per heavy atom. The van der Waals surface area contributed by atoms with Crippen molar-refractivity contribution in [1.29, 1.82) is 0 Å². The van der Waals surface area contributed by atoms with Gasteiger partial charge in [-0.15, -0.1) is 0 Å². The highest BCUT2D eigenvalue weighted by Gasteiger charge is 2.27. The molecule has 3 rings (SSSR count). The molecule has 26 heavy (non-hydrogen) atoms. The van der Waals surface area contributed by atoms with Gasteiger partial charge in [0.15, 0.2) is 0 Å². The quantitative estimate of drug-likeness (QED) is 0.816. The van der Waals surface area contributed by atoms with E-state index in [2.05, 4.69) is 10.0 Å². The summed E-state index contributed by atoms with van der Waals surface area (Å²) >= 11 is 0. The zero-order valence-corrected chi connectivity index (χ0v) is 15.4. The van der Waals surface area contributed by atoms with Gasteiger partial charge in [-0.3, -0.25) is 4.79 Å². The van der Waals surface area contributed by atoms with E-state index in [0.717, 1.165) is 31.4 Å². The van der Waals surface area contributed by atoms with Gasteiger partial charge < -0.3 is 5.32 Å². The predicted molar refractivity (Wildman–Crippen MR) is 102 cm³/mol. The van der Waals surface area contributed by atoms with E-state index in [1.54, 1.807) is 30.3 Å². The molecule has 6 heteroatoms. The van der Waals surface area contributed by atoms with Crippen molar-refractivity contribution in [3.8, 4) is 0 Å². The molecule has 1 aliphatic carbocycles. The fraction of sp³-hybridized carbons (Fsp3) is 0.350. The van der Waals surface area contributed by atoms with Crippen molar-refractivity contribution in [3.05, 3.63) is 60.7 Å². The minimum atomic E-state index is -3.46. The van der Waals surface area contributed by atoms with Gasteiger partial charge >= 0.3 is 0 Å². The highest BCUT2D eigenvalue weighted by atomic mass is 32.2. The molecule has 0 spiro atoms. The lowest BCUT2D eigenvalue weighted by atomic mass is 9.81. The molecule has 0 atom stereocenters. The summed E-state index contributed by atoms with van der Waals surface area (Å²) in [6, 6.07) is 17.9. The van der Waals surface area contributed by atoms with Gasteiger partial charge in [-0.1, -0.05) is 36.4 Å². The number of para-hydroxylation sites is 1. The zero-order chi connectivity index (χ0) is 18.4. The van der Waals surface area contributed by atoms with Gasteiger partial charge in [0.2, 0.25) is 15.9 Å². The molecule has 138 valence electrons. The summed E-state index contributed by atoms with van der Waals surface area (Å²) < 4.78 is 27.3. The van der Waals surface area contributed by atoms with E-state index in [4.69, 9.17) is 0 Å². The van der Waals surface area contributed by atoms with Crippen LogP contribution in [0.5, 0.6) is 0 Å². The van der Waals surface area contributed by atoms with Crippen molar-refractivity contribution in [2.75, 3.05) is 11.9 Å². The molecule has 0 bridgehead atoms. The molecule has 1 amide bonds. The number of rotatable bonds is 6. The van der Waals surface area contributed by atoms with Crippen molar-refractivity contribution >= 4 is 21.6 Å². The van der Waals surface area contributed by atoms with Crippen LogP contribution in [0.3, 0.4) is 0 Å². The van der Waals surface area contributed by atoms with Crippen LogP contribution in [0, 0.1) is 11.8 Å². The number of anilines is 1. The molecule has 1 fully saturated rings. The molecule has 1 saturated carbocycles. The van der Waals surface area contributed by atoms with Gasteiger partial charge in [-0.2, -0.15) is 0 Å². The third-order valence-electron chi connectivity index (χ3n) is 4.87. The molecule has 2 aromatic carbocycles. The maximum absolute atomic E-state index is 12.4. The minimum absolute atomic E-state index is 0.00260.